The van der Waals surface area contributed by atoms with Gasteiger partial charge >= 0.3 is 0 Å². The van der Waals surface area contributed by atoms with Crippen LogP contribution in [0, 0.1) is 11.3 Å². The molecule has 0 saturated heterocycles. The lowest BCUT2D eigenvalue weighted by atomic mass is 10.2. The van der Waals surface area contributed by atoms with Gasteiger partial charge in [-0.2, -0.15) is 5.26 Å². The molecule has 1 aromatic heterocycles. The lowest BCUT2D eigenvalue weighted by Gasteiger charge is -2.23. The highest BCUT2D eigenvalue weighted by Gasteiger charge is 2.21. The molecule has 6 nitrogen and oxygen atoms in total. The van der Waals surface area contributed by atoms with Gasteiger partial charge in [-0.15, -0.1) is 0 Å². The Morgan fingerprint density at radius 2 is 2.19 bits per heavy atom. The summed E-state index contributed by atoms with van der Waals surface area (Å²) in [5.41, 5.74) is -0.0749. The number of pyridine rings is 1. The molecule has 1 aliphatic carbocycles. The molecular formula is C14H20N4O2S. The number of nitriles is 1. The molecule has 7 heteroatoms. The SMILES string of the molecule is CN(CCNS(=O)(=O)c1cccnc1C#N)C1CCCC1. The number of sulfonamides is 1. The van der Waals surface area contributed by atoms with Crippen molar-refractivity contribution < 1.29 is 8.42 Å². The van der Waals surface area contributed by atoms with E-state index in [2.05, 4.69) is 14.6 Å². The minimum atomic E-state index is -3.68. The fourth-order valence-electron chi connectivity index (χ4n) is 2.65. The summed E-state index contributed by atoms with van der Waals surface area (Å²) in [6, 6.07) is 5.27. The number of nitrogens with zero attached hydrogens (tertiary/aromatic N) is 3. The van der Waals surface area contributed by atoms with Crippen molar-refractivity contribution in [2.75, 3.05) is 20.1 Å². The third-order valence-corrected chi connectivity index (χ3v) is 5.36. The van der Waals surface area contributed by atoms with Crippen LogP contribution in [0.5, 0.6) is 0 Å². The van der Waals surface area contributed by atoms with Crippen LogP contribution in [0.2, 0.25) is 0 Å². The van der Waals surface area contributed by atoms with Crippen LogP contribution in [-0.2, 0) is 10.0 Å². The zero-order chi connectivity index (χ0) is 15.3. The van der Waals surface area contributed by atoms with E-state index in [1.54, 1.807) is 6.07 Å². The molecule has 0 atom stereocenters. The first-order chi connectivity index (χ1) is 10.0. The van der Waals surface area contributed by atoms with Crippen LogP contribution < -0.4 is 4.72 Å². The average Bonchev–Trinajstić information content (AvgIpc) is 3.01. The molecule has 114 valence electrons. The van der Waals surface area contributed by atoms with Gasteiger partial charge in [0.25, 0.3) is 0 Å². The maximum atomic E-state index is 12.2. The Bertz CT molecular complexity index is 618. The van der Waals surface area contributed by atoms with Crippen LogP contribution in [0.15, 0.2) is 23.2 Å². The van der Waals surface area contributed by atoms with Crippen LogP contribution in [-0.4, -0.2) is 44.5 Å². The second kappa shape index (κ2) is 6.98. The van der Waals surface area contributed by atoms with Gasteiger partial charge in [-0.3, -0.25) is 0 Å². The maximum Gasteiger partial charge on any atom is 0.243 e. The molecule has 2 rings (SSSR count). The van der Waals surface area contributed by atoms with Gasteiger partial charge in [-0.25, -0.2) is 18.1 Å². The molecule has 1 aromatic rings. The van der Waals surface area contributed by atoms with Crippen LogP contribution in [0.1, 0.15) is 31.4 Å². The topological polar surface area (TPSA) is 86.1 Å². The highest BCUT2D eigenvalue weighted by atomic mass is 32.2. The Morgan fingerprint density at radius 3 is 2.86 bits per heavy atom. The van der Waals surface area contributed by atoms with Crippen molar-refractivity contribution in [1.82, 2.24) is 14.6 Å². The Labute approximate surface area is 125 Å². The van der Waals surface area contributed by atoms with Crippen molar-refractivity contribution in [2.24, 2.45) is 0 Å². The number of aromatic nitrogens is 1. The molecule has 0 aliphatic heterocycles. The van der Waals surface area contributed by atoms with Crippen LogP contribution >= 0.6 is 0 Å². The molecule has 21 heavy (non-hydrogen) atoms. The second-order valence-electron chi connectivity index (χ2n) is 5.28. The maximum absolute atomic E-state index is 12.2. The molecular weight excluding hydrogens is 288 g/mol. The number of rotatable bonds is 6. The van der Waals surface area contributed by atoms with E-state index in [0.717, 1.165) is 0 Å². The Kier molecular flexibility index (Phi) is 5.28. The van der Waals surface area contributed by atoms with Gasteiger partial charge in [0.1, 0.15) is 11.0 Å². The third kappa shape index (κ3) is 4.00. The van der Waals surface area contributed by atoms with Crippen molar-refractivity contribution in [2.45, 2.75) is 36.6 Å². The summed E-state index contributed by atoms with van der Waals surface area (Å²) in [4.78, 5) is 5.92. The summed E-state index contributed by atoms with van der Waals surface area (Å²) in [6.45, 7) is 0.987. The highest BCUT2D eigenvalue weighted by Crippen LogP contribution is 2.21. The molecule has 0 radical (unpaired) electrons. The van der Waals surface area contributed by atoms with E-state index < -0.39 is 10.0 Å². The van der Waals surface area contributed by atoms with Crippen molar-refractivity contribution in [3.63, 3.8) is 0 Å². The van der Waals surface area contributed by atoms with E-state index in [9.17, 15) is 8.42 Å². The number of likely N-dealkylation sites (N-methyl/N-ethyl adjacent to an activating group) is 1. The van der Waals surface area contributed by atoms with Gasteiger partial charge in [0, 0.05) is 25.3 Å². The summed E-state index contributed by atoms with van der Waals surface area (Å²) in [7, 11) is -1.66. The van der Waals surface area contributed by atoms with Crippen molar-refractivity contribution >= 4 is 10.0 Å². The standard InChI is InChI=1S/C14H20N4O2S/c1-18(12-5-2-3-6-12)10-9-17-21(19,20)14-7-4-8-16-13(14)11-15/h4,7-8,12,17H,2-3,5-6,9-10H2,1H3. The van der Waals surface area contributed by atoms with E-state index in [1.165, 1.54) is 44.0 Å². The Balaban J connectivity index is 1.94. The van der Waals surface area contributed by atoms with Gasteiger partial charge in [-0.1, -0.05) is 12.8 Å². The lowest BCUT2D eigenvalue weighted by Crippen LogP contribution is -2.37. The Morgan fingerprint density at radius 1 is 1.48 bits per heavy atom. The molecule has 0 unspecified atom stereocenters. The molecule has 1 saturated carbocycles. The smallest absolute Gasteiger partial charge is 0.243 e. The normalized spacial score (nSPS) is 16.2. The first-order valence-corrected chi connectivity index (χ1v) is 8.58. The van der Waals surface area contributed by atoms with E-state index in [0.29, 0.717) is 19.1 Å². The van der Waals surface area contributed by atoms with E-state index in [-0.39, 0.29) is 10.6 Å². The molecule has 1 heterocycles. The van der Waals surface area contributed by atoms with E-state index >= 15 is 0 Å². The molecule has 0 spiro atoms. The zero-order valence-corrected chi connectivity index (χ0v) is 12.9. The van der Waals surface area contributed by atoms with E-state index in [1.807, 2.05) is 7.05 Å². The van der Waals surface area contributed by atoms with Crippen molar-refractivity contribution in [3.05, 3.63) is 24.0 Å². The summed E-state index contributed by atoms with van der Waals surface area (Å²) in [6.07, 6.45) is 6.28. The van der Waals surface area contributed by atoms with E-state index in [4.69, 9.17) is 5.26 Å². The average molecular weight is 308 g/mol. The Hall–Kier alpha value is -1.49. The predicted molar refractivity (Wildman–Crippen MR) is 79.0 cm³/mol. The second-order valence-corrected chi connectivity index (χ2v) is 7.01. The molecule has 1 N–H and O–H groups in total. The minimum absolute atomic E-state index is 0.0592. The fraction of sp³-hybridized carbons (Fsp3) is 0.571. The molecule has 0 amide bonds. The number of hydrogen-bond acceptors (Lipinski definition) is 5. The fourth-order valence-corrected chi connectivity index (χ4v) is 3.78. The first kappa shape index (κ1) is 15.9. The van der Waals surface area contributed by atoms with Gasteiger partial charge in [0.2, 0.25) is 10.0 Å². The number of nitrogens with one attached hydrogen (secondary N) is 1. The molecule has 0 bridgehead atoms. The monoisotopic (exact) mass is 308 g/mol. The molecule has 1 fully saturated rings. The lowest BCUT2D eigenvalue weighted by molar-refractivity contribution is 0.250. The third-order valence-electron chi connectivity index (χ3n) is 3.87. The van der Waals surface area contributed by atoms with Gasteiger partial charge < -0.3 is 4.90 Å². The largest absolute Gasteiger partial charge is 0.302 e. The van der Waals surface area contributed by atoms with Gasteiger partial charge in [-0.05, 0) is 32.0 Å². The summed E-state index contributed by atoms with van der Waals surface area (Å²) in [5, 5.41) is 8.93. The molecule has 1 aliphatic rings. The van der Waals surface area contributed by atoms with Crippen LogP contribution in [0.4, 0.5) is 0 Å². The van der Waals surface area contributed by atoms with Crippen LogP contribution in [0.3, 0.4) is 0 Å². The van der Waals surface area contributed by atoms with Crippen molar-refractivity contribution in [3.8, 4) is 6.07 Å². The summed E-state index contributed by atoms with van der Waals surface area (Å²) < 4.78 is 26.9. The zero-order valence-electron chi connectivity index (χ0n) is 12.1. The highest BCUT2D eigenvalue weighted by molar-refractivity contribution is 7.89. The summed E-state index contributed by atoms with van der Waals surface area (Å²) >= 11 is 0. The first-order valence-electron chi connectivity index (χ1n) is 7.09. The van der Waals surface area contributed by atoms with Crippen molar-refractivity contribution in [1.29, 1.82) is 5.26 Å². The molecule has 0 aromatic carbocycles. The quantitative estimate of drug-likeness (QED) is 0.850. The van der Waals surface area contributed by atoms with Gasteiger partial charge in [0.15, 0.2) is 5.69 Å². The minimum Gasteiger partial charge on any atom is -0.302 e. The van der Waals surface area contributed by atoms with Gasteiger partial charge in [0.05, 0.1) is 0 Å². The number of hydrogen-bond donors (Lipinski definition) is 1. The van der Waals surface area contributed by atoms with Crippen LogP contribution in [0.25, 0.3) is 0 Å². The predicted octanol–water partition coefficient (Wildman–Crippen LogP) is 1.11. The summed E-state index contributed by atoms with van der Waals surface area (Å²) in [5.74, 6) is 0.